The zero-order chi connectivity index (χ0) is 21.1. The Balaban J connectivity index is 1.49. The molecular formula is C24H17FO5. The highest BCUT2D eigenvalue weighted by Gasteiger charge is 2.28. The van der Waals surface area contributed by atoms with Crippen LogP contribution in [0.5, 0.6) is 17.2 Å². The molecule has 0 radical (unpaired) electrons. The Morgan fingerprint density at radius 3 is 2.60 bits per heavy atom. The summed E-state index contributed by atoms with van der Waals surface area (Å²) in [5.74, 6) is 0.595. The molecule has 3 aromatic rings. The SMILES string of the molecule is COc1ccccc1/C=C1\Oc2cc(OCC(=O)c3ccc(F)cc3)ccc2C1=O. The molecule has 0 aromatic heterocycles. The van der Waals surface area contributed by atoms with Crippen molar-refractivity contribution in [1.29, 1.82) is 0 Å². The van der Waals surface area contributed by atoms with Gasteiger partial charge in [-0.2, -0.15) is 0 Å². The van der Waals surface area contributed by atoms with Crippen LogP contribution in [0, 0.1) is 5.82 Å². The lowest BCUT2D eigenvalue weighted by Crippen LogP contribution is -2.11. The van der Waals surface area contributed by atoms with Gasteiger partial charge in [0.2, 0.25) is 5.78 Å². The van der Waals surface area contributed by atoms with Crippen molar-refractivity contribution >= 4 is 17.6 Å². The van der Waals surface area contributed by atoms with Gasteiger partial charge in [0.05, 0.1) is 12.7 Å². The minimum atomic E-state index is -0.412. The number of carbonyl (C=O) groups is 2. The van der Waals surface area contributed by atoms with Gasteiger partial charge in [0.1, 0.15) is 23.1 Å². The third-order valence-electron chi connectivity index (χ3n) is 4.60. The fourth-order valence-electron chi connectivity index (χ4n) is 3.05. The average Bonchev–Trinajstić information content (AvgIpc) is 3.07. The molecule has 3 aromatic carbocycles. The number of Topliss-reactive ketones (excluding diaryl/α,β-unsaturated/α-hetero) is 2. The molecule has 1 aliphatic heterocycles. The highest BCUT2D eigenvalue weighted by molar-refractivity contribution is 6.14. The fraction of sp³-hybridized carbons (Fsp3) is 0.0833. The Kier molecular flexibility index (Phi) is 5.30. The summed E-state index contributed by atoms with van der Waals surface area (Å²) in [6.07, 6.45) is 1.62. The van der Waals surface area contributed by atoms with Crippen LogP contribution in [0.3, 0.4) is 0 Å². The molecule has 0 saturated carbocycles. The largest absolute Gasteiger partial charge is 0.496 e. The zero-order valence-corrected chi connectivity index (χ0v) is 16.1. The minimum absolute atomic E-state index is 0.175. The predicted molar refractivity (Wildman–Crippen MR) is 109 cm³/mol. The molecule has 0 bridgehead atoms. The molecule has 30 heavy (non-hydrogen) atoms. The molecule has 4 rings (SSSR count). The number of allylic oxidation sites excluding steroid dienone is 1. The highest BCUT2D eigenvalue weighted by atomic mass is 19.1. The third-order valence-corrected chi connectivity index (χ3v) is 4.60. The van der Waals surface area contributed by atoms with Crippen LogP contribution in [-0.4, -0.2) is 25.3 Å². The molecule has 150 valence electrons. The second kappa shape index (κ2) is 8.21. The summed E-state index contributed by atoms with van der Waals surface area (Å²) in [5, 5.41) is 0. The lowest BCUT2D eigenvalue weighted by atomic mass is 10.1. The van der Waals surface area contributed by atoms with Gasteiger partial charge >= 0.3 is 0 Å². The van der Waals surface area contributed by atoms with E-state index in [1.807, 2.05) is 18.2 Å². The number of hydrogen-bond acceptors (Lipinski definition) is 5. The zero-order valence-electron chi connectivity index (χ0n) is 16.1. The smallest absolute Gasteiger partial charge is 0.231 e. The van der Waals surface area contributed by atoms with Gasteiger partial charge in [-0.25, -0.2) is 4.39 Å². The summed E-state index contributed by atoms with van der Waals surface area (Å²) in [7, 11) is 1.56. The summed E-state index contributed by atoms with van der Waals surface area (Å²) in [6, 6.07) is 17.3. The van der Waals surface area contributed by atoms with Gasteiger partial charge < -0.3 is 14.2 Å². The number of ketones is 2. The molecule has 0 amide bonds. The molecule has 0 aliphatic carbocycles. The van der Waals surface area contributed by atoms with Crippen LogP contribution < -0.4 is 14.2 Å². The van der Waals surface area contributed by atoms with Crippen LogP contribution in [-0.2, 0) is 0 Å². The molecule has 0 atom stereocenters. The first-order chi connectivity index (χ1) is 14.5. The molecule has 0 unspecified atom stereocenters. The molecule has 1 aliphatic rings. The highest BCUT2D eigenvalue weighted by Crippen LogP contribution is 2.35. The van der Waals surface area contributed by atoms with E-state index in [1.165, 1.54) is 24.3 Å². The summed E-state index contributed by atoms with van der Waals surface area (Å²) in [4.78, 5) is 24.8. The van der Waals surface area contributed by atoms with Crippen molar-refractivity contribution in [2.75, 3.05) is 13.7 Å². The van der Waals surface area contributed by atoms with Crippen molar-refractivity contribution in [3.8, 4) is 17.2 Å². The Morgan fingerprint density at radius 2 is 1.83 bits per heavy atom. The van der Waals surface area contributed by atoms with E-state index in [4.69, 9.17) is 14.2 Å². The van der Waals surface area contributed by atoms with Gasteiger partial charge in [0.15, 0.2) is 18.1 Å². The minimum Gasteiger partial charge on any atom is -0.496 e. The number of methoxy groups -OCH3 is 1. The first-order valence-electron chi connectivity index (χ1n) is 9.18. The number of halogens is 1. The second-order valence-electron chi connectivity index (χ2n) is 6.56. The van der Waals surface area contributed by atoms with Crippen molar-refractivity contribution in [3.05, 3.63) is 95.0 Å². The van der Waals surface area contributed by atoms with Crippen molar-refractivity contribution in [3.63, 3.8) is 0 Å². The van der Waals surface area contributed by atoms with E-state index in [-0.39, 0.29) is 23.9 Å². The second-order valence-corrected chi connectivity index (χ2v) is 6.56. The number of hydrogen-bond donors (Lipinski definition) is 0. The Morgan fingerprint density at radius 1 is 1.07 bits per heavy atom. The number of ether oxygens (including phenoxy) is 3. The van der Waals surface area contributed by atoms with Gasteiger partial charge in [0.25, 0.3) is 0 Å². The lowest BCUT2D eigenvalue weighted by molar-refractivity contribution is 0.0920. The maximum atomic E-state index is 13.0. The van der Waals surface area contributed by atoms with Crippen LogP contribution in [0.25, 0.3) is 6.08 Å². The summed E-state index contributed by atoms with van der Waals surface area (Å²) >= 11 is 0. The Labute approximate surface area is 172 Å². The number of benzene rings is 3. The van der Waals surface area contributed by atoms with Gasteiger partial charge in [-0.05, 0) is 48.5 Å². The first kappa shape index (κ1) is 19.4. The maximum Gasteiger partial charge on any atom is 0.231 e. The monoisotopic (exact) mass is 404 g/mol. The summed E-state index contributed by atoms with van der Waals surface area (Å²) in [5.41, 5.74) is 1.48. The molecule has 1 heterocycles. The van der Waals surface area contributed by atoms with Crippen molar-refractivity contribution < 1.29 is 28.2 Å². The number of fused-ring (bicyclic) bond motifs is 1. The molecule has 0 N–H and O–H groups in total. The Bertz CT molecular complexity index is 1150. The third kappa shape index (κ3) is 3.93. The number of carbonyl (C=O) groups excluding carboxylic acids is 2. The van der Waals surface area contributed by atoms with Crippen molar-refractivity contribution in [2.45, 2.75) is 0 Å². The molecule has 6 heteroatoms. The van der Waals surface area contributed by atoms with Crippen molar-refractivity contribution in [2.24, 2.45) is 0 Å². The number of para-hydroxylation sites is 1. The van der Waals surface area contributed by atoms with Gasteiger partial charge in [-0.1, -0.05) is 18.2 Å². The van der Waals surface area contributed by atoms with E-state index in [0.717, 1.165) is 5.56 Å². The average molecular weight is 404 g/mol. The summed E-state index contributed by atoms with van der Waals surface area (Å²) in [6.45, 7) is -0.220. The van der Waals surface area contributed by atoms with E-state index in [0.29, 0.717) is 28.4 Å². The van der Waals surface area contributed by atoms with E-state index >= 15 is 0 Å². The normalized spacial score (nSPS) is 13.7. The fourth-order valence-corrected chi connectivity index (χ4v) is 3.05. The van der Waals surface area contributed by atoms with Crippen molar-refractivity contribution in [1.82, 2.24) is 0 Å². The van der Waals surface area contributed by atoms with E-state index in [1.54, 1.807) is 37.5 Å². The quantitative estimate of drug-likeness (QED) is 0.440. The van der Waals surface area contributed by atoms with Crippen LogP contribution in [0.15, 0.2) is 72.5 Å². The van der Waals surface area contributed by atoms with Gasteiger partial charge in [-0.3, -0.25) is 9.59 Å². The topological polar surface area (TPSA) is 61.8 Å². The van der Waals surface area contributed by atoms with E-state index in [9.17, 15) is 14.0 Å². The maximum absolute atomic E-state index is 13.0. The molecule has 0 saturated heterocycles. The van der Waals surface area contributed by atoms with Gasteiger partial charge in [0, 0.05) is 17.2 Å². The van der Waals surface area contributed by atoms with Crippen LogP contribution >= 0.6 is 0 Å². The van der Waals surface area contributed by atoms with Crippen LogP contribution in [0.4, 0.5) is 4.39 Å². The summed E-state index contributed by atoms with van der Waals surface area (Å²) < 4.78 is 29.5. The lowest BCUT2D eigenvalue weighted by Gasteiger charge is -2.07. The standard InChI is InChI=1S/C24H17FO5/c1-28-21-5-3-2-4-16(21)12-23-24(27)19-11-10-18(13-22(19)30-23)29-14-20(26)15-6-8-17(25)9-7-15/h2-13H,14H2,1H3/b23-12-. The molecular weight excluding hydrogens is 387 g/mol. The molecule has 5 nitrogen and oxygen atoms in total. The van der Waals surface area contributed by atoms with E-state index in [2.05, 4.69) is 0 Å². The van der Waals surface area contributed by atoms with Crippen LogP contribution in [0.1, 0.15) is 26.3 Å². The predicted octanol–water partition coefficient (Wildman–Crippen LogP) is 4.71. The Hall–Kier alpha value is -3.93. The van der Waals surface area contributed by atoms with Crippen LogP contribution in [0.2, 0.25) is 0 Å². The van der Waals surface area contributed by atoms with E-state index < -0.39 is 5.82 Å². The van der Waals surface area contributed by atoms with Gasteiger partial charge in [-0.15, -0.1) is 0 Å². The molecule has 0 fully saturated rings. The molecule has 0 spiro atoms. The first-order valence-corrected chi connectivity index (χ1v) is 9.18. The number of rotatable bonds is 6.